The number of esters is 2. The summed E-state index contributed by atoms with van der Waals surface area (Å²) in [7, 11) is 5.63. The average Bonchev–Trinajstić information content (AvgIpc) is 3.07. The first-order valence-electron chi connectivity index (χ1n) is 13.7. The molecule has 0 radical (unpaired) electrons. The first-order chi connectivity index (χ1) is 21.9. The molecule has 0 aromatic heterocycles. The maximum absolute atomic E-state index is 11.6. The predicted molar refractivity (Wildman–Crippen MR) is 158 cm³/mol. The molecule has 4 rings (SSSR count). The number of nitrogens with zero attached hydrogens (tertiary/aromatic N) is 4. The Kier molecular flexibility index (Phi) is 22.0. The summed E-state index contributed by atoms with van der Waals surface area (Å²) in [5.74, 6) is -0.0109. The van der Waals surface area contributed by atoms with Gasteiger partial charge in [0.2, 0.25) is 0 Å². The van der Waals surface area contributed by atoms with Gasteiger partial charge in [-0.3, -0.25) is 0 Å². The Balaban J connectivity index is 0.000000798. The van der Waals surface area contributed by atoms with Gasteiger partial charge in [0, 0.05) is 75.9 Å². The molecular weight excluding hydrogens is 691 g/mol. The van der Waals surface area contributed by atoms with Crippen LogP contribution in [0.4, 0.5) is 25.8 Å². The van der Waals surface area contributed by atoms with Crippen molar-refractivity contribution in [3.05, 3.63) is 47.5 Å². The number of hydrogen-bond acceptors (Lipinski definition) is 13. The Hall–Kier alpha value is -2.34. The molecule has 2 aliphatic rings. The molecule has 48 heavy (non-hydrogen) atoms. The van der Waals surface area contributed by atoms with Gasteiger partial charge in [-0.15, -0.1) is 0 Å². The fraction of sp³-hybridized carbons (Fsp3) is 0.414. The minimum absolute atomic E-state index is 0. The molecule has 2 aromatic carbocycles. The van der Waals surface area contributed by atoms with Gasteiger partial charge in [-0.2, -0.15) is 0 Å². The number of amides is 2. The van der Waals surface area contributed by atoms with E-state index >= 15 is 0 Å². The van der Waals surface area contributed by atoms with Gasteiger partial charge in [-0.05, 0) is 30.4 Å². The third-order valence-corrected chi connectivity index (χ3v) is 7.01. The van der Waals surface area contributed by atoms with Gasteiger partial charge in [0.05, 0.1) is 28.4 Å². The van der Waals surface area contributed by atoms with Crippen LogP contribution in [0.25, 0.3) is 0 Å². The van der Waals surface area contributed by atoms with Gasteiger partial charge < -0.3 is 63.8 Å². The zero-order chi connectivity index (χ0) is 34.4. The van der Waals surface area contributed by atoms with Crippen molar-refractivity contribution in [1.29, 1.82) is 0 Å². The molecule has 252 valence electrons. The van der Waals surface area contributed by atoms with Gasteiger partial charge in [0.25, 0.3) is 0 Å². The SMILES string of the molecule is COC(=O)c1ccc(N2CCN(C(=O)O)CC2)cc1OC.COC(=O)c1ccc(N2CCN(C(=O)O)CC2)cc1OC.O=C([O-])[O-].[K+].[K+]. The standard InChI is InChI=1S/2C14H18N2O5.CH2O3.2K/c2*1-20-12-9-10(3-4-11(12)13(17)21-2)15-5-7-16(8-6-15)14(18)19;2-1(3)4;;/h2*3-4,9H,5-8H2,1-2H3,(H,18,19);(H2,2,3,4);;/q;;;2*+1/p-2. The zero-order valence-corrected chi connectivity index (χ0v) is 34.0. The van der Waals surface area contributed by atoms with Crippen LogP contribution in [0, 0.1) is 0 Å². The van der Waals surface area contributed by atoms with Crippen molar-refractivity contribution in [2.45, 2.75) is 0 Å². The number of carboxylic acid groups (broad SMARTS) is 4. The van der Waals surface area contributed by atoms with E-state index in [2.05, 4.69) is 9.80 Å². The number of benzene rings is 2. The Morgan fingerprint density at radius 3 is 1.10 bits per heavy atom. The Labute approximate surface area is 362 Å². The van der Waals surface area contributed by atoms with Crippen molar-refractivity contribution in [3.63, 3.8) is 0 Å². The van der Waals surface area contributed by atoms with Crippen LogP contribution in [0.15, 0.2) is 36.4 Å². The number of methoxy groups -OCH3 is 4. The van der Waals surface area contributed by atoms with Crippen LogP contribution >= 0.6 is 0 Å². The molecular formula is C29H36K2N4O13. The van der Waals surface area contributed by atoms with E-state index in [9.17, 15) is 19.2 Å². The molecule has 2 saturated heterocycles. The van der Waals surface area contributed by atoms with Crippen LogP contribution in [0.5, 0.6) is 11.5 Å². The van der Waals surface area contributed by atoms with Crippen LogP contribution < -0.4 is 132 Å². The van der Waals surface area contributed by atoms with Crippen LogP contribution in [0.2, 0.25) is 0 Å². The van der Waals surface area contributed by atoms with Crippen molar-refractivity contribution < 1.29 is 166 Å². The van der Waals surface area contributed by atoms with E-state index in [4.69, 9.17) is 44.2 Å². The van der Waals surface area contributed by atoms with Crippen molar-refractivity contribution in [2.24, 2.45) is 0 Å². The third-order valence-electron chi connectivity index (χ3n) is 7.01. The van der Waals surface area contributed by atoms with Gasteiger partial charge in [-0.25, -0.2) is 19.2 Å². The Bertz CT molecular complexity index is 1280. The molecule has 0 unspecified atom stereocenters. The fourth-order valence-electron chi connectivity index (χ4n) is 4.62. The smallest absolute Gasteiger partial charge is 0.652 e. The summed E-state index contributed by atoms with van der Waals surface area (Å²) in [6.07, 6.45) is -4.12. The summed E-state index contributed by atoms with van der Waals surface area (Å²) < 4.78 is 19.9. The molecule has 0 aliphatic carbocycles. The number of hydrogen-bond donors (Lipinski definition) is 2. The molecule has 0 saturated carbocycles. The molecule has 2 heterocycles. The molecule has 2 aliphatic heterocycles. The molecule has 19 heteroatoms. The van der Waals surface area contributed by atoms with Crippen LogP contribution in [-0.2, 0) is 9.47 Å². The minimum atomic E-state index is -2.33. The molecule has 17 nitrogen and oxygen atoms in total. The van der Waals surface area contributed by atoms with E-state index in [1.54, 1.807) is 24.3 Å². The monoisotopic (exact) mass is 726 g/mol. The van der Waals surface area contributed by atoms with Crippen molar-refractivity contribution in [3.8, 4) is 11.5 Å². The zero-order valence-electron chi connectivity index (χ0n) is 27.8. The number of carbonyl (C=O) groups excluding carboxylic acids is 3. The van der Waals surface area contributed by atoms with Gasteiger partial charge in [0.15, 0.2) is 0 Å². The molecule has 0 bridgehead atoms. The Morgan fingerprint density at radius 2 is 0.875 bits per heavy atom. The third kappa shape index (κ3) is 13.9. The van der Waals surface area contributed by atoms with E-state index in [0.717, 1.165) is 11.4 Å². The number of anilines is 2. The van der Waals surface area contributed by atoms with Gasteiger partial charge >= 0.3 is 127 Å². The molecule has 2 amide bonds. The van der Waals surface area contributed by atoms with Gasteiger partial charge in [-0.1, -0.05) is 0 Å². The second-order valence-electron chi connectivity index (χ2n) is 9.52. The minimum Gasteiger partial charge on any atom is -0.652 e. The first kappa shape index (κ1) is 45.7. The second-order valence-corrected chi connectivity index (χ2v) is 9.52. The molecule has 2 N–H and O–H groups in total. The summed E-state index contributed by atoms with van der Waals surface area (Å²) in [5, 5.41) is 34.5. The topological polar surface area (TPSA) is 222 Å². The largest absolute Gasteiger partial charge is 1.00 e. The first-order valence-corrected chi connectivity index (χ1v) is 13.7. The Morgan fingerprint density at radius 1 is 0.583 bits per heavy atom. The summed E-state index contributed by atoms with van der Waals surface area (Å²) >= 11 is 0. The molecule has 2 aromatic rings. The van der Waals surface area contributed by atoms with E-state index in [1.807, 2.05) is 12.1 Å². The van der Waals surface area contributed by atoms with Crippen molar-refractivity contribution in [1.82, 2.24) is 9.80 Å². The number of carbonyl (C=O) groups is 5. The molecule has 0 atom stereocenters. The van der Waals surface area contributed by atoms with E-state index in [-0.39, 0.29) is 103 Å². The normalized spacial score (nSPS) is 13.4. The maximum atomic E-state index is 11.6. The maximum Gasteiger partial charge on any atom is 1.00 e. The number of piperazine rings is 2. The molecule has 0 spiro atoms. The summed E-state index contributed by atoms with van der Waals surface area (Å²) in [6.45, 7) is 4.24. The van der Waals surface area contributed by atoms with E-state index in [1.165, 1.54) is 38.2 Å². The van der Waals surface area contributed by atoms with Crippen molar-refractivity contribution in [2.75, 3.05) is 90.6 Å². The average molecular weight is 727 g/mol. The summed E-state index contributed by atoms with van der Waals surface area (Å²) in [6, 6.07) is 10.5. The van der Waals surface area contributed by atoms with Gasteiger partial charge in [0.1, 0.15) is 22.6 Å². The molecule has 2 fully saturated rings. The fourth-order valence-corrected chi connectivity index (χ4v) is 4.62. The van der Waals surface area contributed by atoms with Crippen LogP contribution in [0.3, 0.4) is 0 Å². The van der Waals surface area contributed by atoms with Crippen LogP contribution in [0.1, 0.15) is 20.7 Å². The number of rotatable bonds is 6. The van der Waals surface area contributed by atoms with E-state index < -0.39 is 30.3 Å². The number of ether oxygens (including phenoxy) is 4. The summed E-state index contributed by atoms with van der Waals surface area (Å²) in [5.41, 5.74) is 2.52. The quantitative estimate of drug-likeness (QED) is 0.209. The second kappa shape index (κ2) is 23.1. The predicted octanol–water partition coefficient (Wildman–Crippen LogP) is -5.88. The summed E-state index contributed by atoms with van der Waals surface area (Å²) in [4.78, 5) is 60.2. The van der Waals surface area contributed by atoms with Crippen LogP contribution in [-0.4, -0.2) is 131 Å². The van der Waals surface area contributed by atoms with Crippen molar-refractivity contribution >= 4 is 41.7 Å². The van der Waals surface area contributed by atoms with E-state index in [0.29, 0.717) is 75.0 Å².